The van der Waals surface area contributed by atoms with Gasteiger partial charge in [-0.05, 0) is 36.6 Å². The molecule has 3 atom stereocenters. The number of pyridine rings is 1. The lowest BCUT2D eigenvalue weighted by Crippen LogP contribution is -2.54. The number of rotatable bonds is 5. The maximum absolute atomic E-state index is 13.4. The second kappa shape index (κ2) is 7.91. The standard InChI is InChI=1S/C21H30N4O3/c1-13(26)28-17-8-10-25(20(27)18(22-5)21(2,3)4)16(17)11-14-12-24-19-15(14)7-6-9-23-19/h6-7,9,12,16-18,22H,8,10-11H2,1-5H3,(H,23,24)/t16-,17+,18-/m1/s1. The largest absolute Gasteiger partial charge is 0.460 e. The number of likely N-dealkylation sites (tertiary alicyclic amines) is 1. The van der Waals surface area contributed by atoms with Gasteiger partial charge in [0.2, 0.25) is 5.91 Å². The van der Waals surface area contributed by atoms with Crippen molar-refractivity contribution >= 4 is 22.9 Å². The lowest BCUT2D eigenvalue weighted by atomic mass is 9.85. The van der Waals surface area contributed by atoms with Gasteiger partial charge in [0, 0.05) is 37.7 Å². The van der Waals surface area contributed by atoms with Crippen molar-refractivity contribution in [2.45, 2.75) is 58.7 Å². The molecule has 2 aromatic heterocycles. The quantitative estimate of drug-likeness (QED) is 0.770. The third kappa shape index (κ3) is 4.04. The number of nitrogens with zero attached hydrogens (tertiary/aromatic N) is 2. The number of aromatic nitrogens is 2. The van der Waals surface area contributed by atoms with Crippen molar-refractivity contribution in [2.24, 2.45) is 5.41 Å². The van der Waals surface area contributed by atoms with Gasteiger partial charge in [-0.1, -0.05) is 20.8 Å². The van der Waals surface area contributed by atoms with Crippen molar-refractivity contribution in [3.8, 4) is 0 Å². The second-order valence-electron chi connectivity index (χ2n) is 8.54. The van der Waals surface area contributed by atoms with Crippen LogP contribution in [0.5, 0.6) is 0 Å². The van der Waals surface area contributed by atoms with E-state index in [0.717, 1.165) is 16.6 Å². The van der Waals surface area contributed by atoms with Crippen LogP contribution in [0.15, 0.2) is 24.5 Å². The molecular formula is C21H30N4O3. The Kier molecular flexibility index (Phi) is 5.74. The number of hydrogen-bond donors (Lipinski definition) is 2. The van der Waals surface area contributed by atoms with Crippen molar-refractivity contribution in [1.29, 1.82) is 0 Å². The minimum Gasteiger partial charge on any atom is -0.460 e. The first-order valence-corrected chi connectivity index (χ1v) is 9.78. The van der Waals surface area contributed by atoms with Crippen LogP contribution < -0.4 is 5.32 Å². The second-order valence-corrected chi connectivity index (χ2v) is 8.54. The molecule has 0 radical (unpaired) electrons. The zero-order valence-corrected chi connectivity index (χ0v) is 17.3. The Labute approximate surface area is 165 Å². The highest BCUT2D eigenvalue weighted by Crippen LogP contribution is 2.30. The number of aromatic amines is 1. The number of carbonyl (C=O) groups is 2. The highest BCUT2D eigenvalue weighted by molar-refractivity contribution is 5.84. The maximum atomic E-state index is 13.4. The van der Waals surface area contributed by atoms with E-state index in [1.807, 2.05) is 51.0 Å². The predicted molar refractivity (Wildman–Crippen MR) is 108 cm³/mol. The number of amides is 1. The molecule has 7 nitrogen and oxygen atoms in total. The SMILES string of the molecule is CN[C@H](C(=O)N1CC[C@H](OC(C)=O)[C@H]1Cc1c[nH]c2ncccc12)C(C)(C)C. The molecule has 1 aliphatic heterocycles. The molecular weight excluding hydrogens is 356 g/mol. The molecule has 0 aromatic carbocycles. The van der Waals surface area contributed by atoms with Crippen molar-refractivity contribution in [3.05, 3.63) is 30.1 Å². The maximum Gasteiger partial charge on any atom is 0.302 e. The number of fused-ring (bicyclic) bond motifs is 1. The van der Waals surface area contributed by atoms with E-state index >= 15 is 0 Å². The summed E-state index contributed by atoms with van der Waals surface area (Å²) in [6.45, 7) is 8.14. The topological polar surface area (TPSA) is 87.3 Å². The Morgan fingerprint density at radius 3 is 2.82 bits per heavy atom. The number of H-pyrrole nitrogens is 1. The summed E-state index contributed by atoms with van der Waals surface area (Å²) in [7, 11) is 1.81. The molecule has 0 bridgehead atoms. The first-order valence-electron chi connectivity index (χ1n) is 9.78. The third-order valence-corrected chi connectivity index (χ3v) is 5.45. The first kappa shape index (κ1) is 20.3. The zero-order chi connectivity index (χ0) is 20.5. The Balaban J connectivity index is 1.91. The Morgan fingerprint density at radius 1 is 1.43 bits per heavy atom. The van der Waals surface area contributed by atoms with E-state index in [9.17, 15) is 9.59 Å². The van der Waals surface area contributed by atoms with E-state index in [-0.39, 0.29) is 35.5 Å². The molecule has 2 N–H and O–H groups in total. The summed E-state index contributed by atoms with van der Waals surface area (Å²) >= 11 is 0. The van der Waals surface area contributed by atoms with Crippen LogP contribution in [0.25, 0.3) is 11.0 Å². The third-order valence-electron chi connectivity index (χ3n) is 5.45. The average molecular weight is 386 g/mol. The van der Waals surface area contributed by atoms with Gasteiger partial charge in [-0.25, -0.2) is 4.98 Å². The van der Waals surface area contributed by atoms with Crippen LogP contribution in [0, 0.1) is 5.41 Å². The number of ether oxygens (including phenoxy) is 1. The molecule has 1 saturated heterocycles. The van der Waals surface area contributed by atoms with Gasteiger partial charge in [0.05, 0.1) is 12.1 Å². The fourth-order valence-electron chi connectivity index (χ4n) is 4.19. The Morgan fingerprint density at radius 2 is 2.18 bits per heavy atom. The van der Waals surface area contributed by atoms with Gasteiger partial charge >= 0.3 is 5.97 Å². The van der Waals surface area contributed by atoms with E-state index in [1.165, 1.54) is 6.92 Å². The average Bonchev–Trinajstić information content (AvgIpc) is 3.19. The fraction of sp³-hybridized carbons (Fsp3) is 0.571. The number of carbonyl (C=O) groups excluding carboxylic acids is 2. The number of likely N-dealkylation sites (N-methyl/N-ethyl adjacent to an activating group) is 1. The molecule has 1 amide bonds. The first-order chi connectivity index (χ1) is 13.2. The van der Waals surface area contributed by atoms with Gasteiger partial charge in [0.15, 0.2) is 0 Å². The van der Waals surface area contributed by atoms with Crippen molar-refractivity contribution < 1.29 is 14.3 Å². The van der Waals surface area contributed by atoms with Crippen LogP contribution in [0.4, 0.5) is 0 Å². The monoisotopic (exact) mass is 386 g/mol. The molecule has 1 aliphatic rings. The minimum absolute atomic E-state index is 0.0487. The normalized spacial score (nSPS) is 21.1. The molecule has 3 rings (SSSR count). The Bertz CT molecular complexity index is 855. The lowest BCUT2D eigenvalue weighted by Gasteiger charge is -2.36. The Hall–Kier alpha value is -2.41. The highest BCUT2D eigenvalue weighted by Gasteiger charge is 2.43. The fourth-order valence-corrected chi connectivity index (χ4v) is 4.19. The number of hydrogen-bond acceptors (Lipinski definition) is 5. The molecule has 3 heterocycles. The molecule has 0 spiro atoms. The predicted octanol–water partition coefficient (Wildman–Crippen LogP) is 2.27. The summed E-state index contributed by atoms with van der Waals surface area (Å²) in [6.07, 6.45) is 4.63. The smallest absolute Gasteiger partial charge is 0.302 e. The summed E-state index contributed by atoms with van der Waals surface area (Å²) in [4.78, 5) is 34.4. The van der Waals surface area contributed by atoms with Gasteiger partial charge in [-0.3, -0.25) is 9.59 Å². The lowest BCUT2D eigenvalue weighted by molar-refractivity contribution is -0.150. The summed E-state index contributed by atoms with van der Waals surface area (Å²) in [5, 5.41) is 4.20. The van der Waals surface area contributed by atoms with E-state index in [1.54, 1.807) is 6.20 Å². The van der Waals surface area contributed by atoms with Gasteiger partial charge in [-0.15, -0.1) is 0 Å². The molecule has 28 heavy (non-hydrogen) atoms. The minimum atomic E-state index is -0.314. The van der Waals surface area contributed by atoms with E-state index in [0.29, 0.717) is 19.4 Å². The number of nitrogens with one attached hydrogen (secondary N) is 2. The van der Waals surface area contributed by atoms with E-state index in [2.05, 4.69) is 15.3 Å². The summed E-state index contributed by atoms with van der Waals surface area (Å²) in [5.41, 5.74) is 1.67. The van der Waals surface area contributed by atoms with Crippen LogP contribution in [-0.2, 0) is 20.7 Å². The van der Waals surface area contributed by atoms with Gasteiger partial charge < -0.3 is 19.9 Å². The van der Waals surface area contributed by atoms with Gasteiger partial charge in [0.1, 0.15) is 11.8 Å². The summed E-state index contributed by atoms with van der Waals surface area (Å²) in [5.74, 6) is -0.265. The summed E-state index contributed by atoms with van der Waals surface area (Å²) < 4.78 is 5.58. The van der Waals surface area contributed by atoms with Crippen molar-refractivity contribution in [1.82, 2.24) is 20.2 Å². The molecule has 2 aromatic rings. The molecule has 7 heteroatoms. The van der Waals surface area contributed by atoms with Crippen molar-refractivity contribution in [2.75, 3.05) is 13.6 Å². The summed E-state index contributed by atoms with van der Waals surface area (Å²) in [6, 6.07) is 3.41. The van der Waals surface area contributed by atoms with Gasteiger partial charge in [-0.2, -0.15) is 0 Å². The van der Waals surface area contributed by atoms with Crippen LogP contribution in [0.2, 0.25) is 0 Å². The number of esters is 1. The van der Waals surface area contributed by atoms with Crippen LogP contribution in [0.1, 0.15) is 39.7 Å². The molecule has 0 saturated carbocycles. The van der Waals surface area contributed by atoms with Gasteiger partial charge in [0.25, 0.3) is 0 Å². The molecule has 0 unspecified atom stereocenters. The van der Waals surface area contributed by atoms with E-state index < -0.39 is 0 Å². The van der Waals surface area contributed by atoms with E-state index in [4.69, 9.17) is 4.74 Å². The van der Waals surface area contributed by atoms with Crippen LogP contribution in [-0.4, -0.2) is 58.5 Å². The molecule has 1 fully saturated rings. The van der Waals surface area contributed by atoms with Crippen LogP contribution >= 0.6 is 0 Å². The zero-order valence-electron chi connectivity index (χ0n) is 17.3. The molecule has 0 aliphatic carbocycles. The molecule has 152 valence electrons. The van der Waals surface area contributed by atoms with Crippen LogP contribution in [0.3, 0.4) is 0 Å². The van der Waals surface area contributed by atoms with Crippen molar-refractivity contribution in [3.63, 3.8) is 0 Å². The highest BCUT2D eigenvalue weighted by atomic mass is 16.5.